The number of aryl methyl sites for hydroxylation is 1. The zero-order chi connectivity index (χ0) is 17.6. The van der Waals surface area contributed by atoms with Crippen molar-refractivity contribution in [3.63, 3.8) is 0 Å². The Morgan fingerprint density at radius 2 is 2.21 bits per heavy atom. The highest BCUT2D eigenvalue weighted by atomic mass is 16.3. The lowest BCUT2D eigenvalue weighted by molar-refractivity contribution is 0.0142. The van der Waals surface area contributed by atoms with Gasteiger partial charge in [0.1, 0.15) is 0 Å². The summed E-state index contributed by atoms with van der Waals surface area (Å²) in [5.74, 6) is 0.00376. The maximum Gasteiger partial charge on any atom is 0.274 e. The van der Waals surface area contributed by atoms with Crippen LogP contribution in [0.1, 0.15) is 55.6 Å². The van der Waals surface area contributed by atoms with E-state index in [4.69, 9.17) is 0 Å². The third kappa shape index (κ3) is 2.96. The van der Waals surface area contributed by atoms with Gasteiger partial charge in [-0.25, -0.2) is 4.98 Å². The standard InChI is InChI=1S/C17H24N4O3/c1-9(2)17(3,24)8-18-15(22)11-7-12(10-5-6-10)19-14-13(11)16(23)20-21(14)4/h7,9-10,24H,5-6,8H2,1-4H3,(H,18,22)(H,20,23). The Balaban J connectivity index is 1.98. The first kappa shape index (κ1) is 16.7. The van der Waals surface area contributed by atoms with E-state index in [2.05, 4.69) is 15.4 Å². The molecule has 2 aromatic rings. The molecule has 0 radical (unpaired) electrons. The van der Waals surface area contributed by atoms with Gasteiger partial charge in [0, 0.05) is 25.2 Å². The summed E-state index contributed by atoms with van der Waals surface area (Å²) >= 11 is 0. The van der Waals surface area contributed by atoms with Crippen LogP contribution in [0.3, 0.4) is 0 Å². The van der Waals surface area contributed by atoms with Crippen LogP contribution in [-0.4, -0.2) is 37.9 Å². The molecule has 0 aromatic carbocycles. The average molecular weight is 332 g/mol. The first-order valence-electron chi connectivity index (χ1n) is 8.31. The Kier molecular flexibility index (Phi) is 3.99. The highest BCUT2D eigenvalue weighted by molar-refractivity contribution is 6.05. The minimum absolute atomic E-state index is 0.00240. The topological polar surface area (TPSA) is 100 Å². The normalized spacial score (nSPS) is 17.2. The number of amides is 1. The van der Waals surface area contributed by atoms with E-state index in [0.717, 1.165) is 18.5 Å². The van der Waals surface area contributed by atoms with Gasteiger partial charge in [0.05, 0.1) is 16.6 Å². The van der Waals surface area contributed by atoms with Crippen LogP contribution in [0.2, 0.25) is 0 Å². The van der Waals surface area contributed by atoms with Crippen LogP contribution in [0.4, 0.5) is 0 Å². The maximum absolute atomic E-state index is 12.7. The first-order valence-corrected chi connectivity index (χ1v) is 8.31. The summed E-state index contributed by atoms with van der Waals surface area (Å²) in [6.07, 6.45) is 2.11. The molecule has 24 heavy (non-hydrogen) atoms. The number of hydrogen-bond donors (Lipinski definition) is 3. The van der Waals surface area contributed by atoms with Gasteiger partial charge in [-0.2, -0.15) is 0 Å². The number of nitrogens with zero attached hydrogens (tertiary/aromatic N) is 2. The second-order valence-corrected chi connectivity index (χ2v) is 7.26. The SMILES string of the molecule is CC(C)C(C)(O)CNC(=O)c1cc(C2CC2)nc2c1c(=O)[nH]n2C. The molecule has 3 N–H and O–H groups in total. The molecule has 1 saturated carbocycles. The lowest BCUT2D eigenvalue weighted by Gasteiger charge is -2.27. The quantitative estimate of drug-likeness (QED) is 0.768. The Bertz CT molecular complexity index is 843. The zero-order valence-corrected chi connectivity index (χ0v) is 14.5. The third-order valence-electron chi connectivity index (χ3n) is 4.93. The molecule has 7 nitrogen and oxygen atoms in total. The molecule has 2 aromatic heterocycles. The smallest absolute Gasteiger partial charge is 0.274 e. The van der Waals surface area contributed by atoms with E-state index in [-0.39, 0.29) is 23.9 Å². The number of carbonyl (C=O) groups excluding carboxylic acids is 1. The van der Waals surface area contributed by atoms with Gasteiger partial charge < -0.3 is 10.4 Å². The van der Waals surface area contributed by atoms with Gasteiger partial charge in [0.2, 0.25) is 0 Å². The third-order valence-corrected chi connectivity index (χ3v) is 4.93. The molecule has 1 unspecified atom stereocenters. The molecule has 7 heteroatoms. The van der Waals surface area contributed by atoms with Crippen molar-refractivity contribution in [3.8, 4) is 0 Å². The fourth-order valence-corrected chi connectivity index (χ4v) is 2.60. The molecule has 130 valence electrons. The summed E-state index contributed by atoms with van der Waals surface area (Å²) in [5.41, 5.74) is 0.319. The predicted molar refractivity (Wildman–Crippen MR) is 91.1 cm³/mol. The Morgan fingerprint density at radius 1 is 1.54 bits per heavy atom. The largest absolute Gasteiger partial charge is 0.388 e. The molecule has 0 aliphatic heterocycles. The number of pyridine rings is 1. The van der Waals surface area contributed by atoms with Crippen LogP contribution in [-0.2, 0) is 7.05 Å². The van der Waals surface area contributed by atoms with E-state index >= 15 is 0 Å². The van der Waals surface area contributed by atoms with Crippen molar-refractivity contribution in [2.75, 3.05) is 6.54 Å². The predicted octanol–water partition coefficient (Wildman–Crippen LogP) is 1.28. The minimum Gasteiger partial charge on any atom is -0.388 e. The summed E-state index contributed by atoms with van der Waals surface area (Å²) in [4.78, 5) is 29.4. The van der Waals surface area contributed by atoms with Gasteiger partial charge >= 0.3 is 0 Å². The number of aromatic nitrogens is 3. The van der Waals surface area contributed by atoms with Gasteiger partial charge in [-0.3, -0.25) is 19.4 Å². The Morgan fingerprint density at radius 3 is 2.79 bits per heavy atom. The summed E-state index contributed by atoms with van der Waals surface area (Å²) < 4.78 is 1.55. The highest BCUT2D eigenvalue weighted by Crippen LogP contribution is 2.39. The molecular weight excluding hydrogens is 308 g/mol. The van der Waals surface area contributed by atoms with Crippen LogP contribution < -0.4 is 10.9 Å². The highest BCUT2D eigenvalue weighted by Gasteiger charge is 2.30. The number of carbonyl (C=O) groups is 1. The number of aliphatic hydroxyl groups is 1. The van der Waals surface area contributed by atoms with Gasteiger partial charge in [-0.05, 0) is 31.7 Å². The molecule has 1 amide bonds. The maximum atomic E-state index is 12.7. The monoisotopic (exact) mass is 332 g/mol. The van der Waals surface area contributed by atoms with E-state index < -0.39 is 5.60 Å². The van der Waals surface area contributed by atoms with E-state index in [1.165, 1.54) is 0 Å². The zero-order valence-electron chi connectivity index (χ0n) is 14.5. The van der Waals surface area contributed by atoms with Crippen molar-refractivity contribution in [1.82, 2.24) is 20.1 Å². The summed E-state index contributed by atoms with van der Waals surface area (Å²) in [7, 11) is 1.71. The molecule has 2 heterocycles. The molecule has 0 spiro atoms. The molecule has 1 aliphatic rings. The van der Waals surface area contributed by atoms with E-state index in [1.54, 1.807) is 24.7 Å². The second kappa shape index (κ2) is 5.73. The fraction of sp³-hybridized carbons (Fsp3) is 0.588. The minimum atomic E-state index is -1.01. The lowest BCUT2D eigenvalue weighted by atomic mass is 9.92. The summed E-state index contributed by atoms with van der Waals surface area (Å²) in [6.45, 7) is 5.59. The van der Waals surface area contributed by atoms with E-state index in [9.17, 15) is 14.7 Å². The van der Waals surface area contributed by atoms with Crippen molar-refractivity contribution in [2.45, 2.75) is 45.1 Å². The number of aromatic amines is 1. The van der Waals surface area contributed by atoms with Gasteiger partial charge in [0.15, 0.2) is 5.65 Å². The Labute approximate surface area is 140 Å². The number of nitrogens with one attached hydrogen (secondary N) is 2. The van der Waals surface area contributed by atoms with Crippen molar-refractivity contribution in [3.05, 3.63) is 27.7 Å². The molecule has 0 saturated heterocycles. The molecule has 1 aliphatic carbocycles. The molecular formula is C17H24N4O3. The van der Waals surface area contributed by atoms with Crippen LogP contribution in [0.5, 0.6) is 0 Å². The average Bonchev–Trinajstić information content (AvgIpc) is 3.32. The summed E-state index contributed by atoms with van der Waals surface area (Å²) in [6, 6.07) is 1.72. The number of fused-ring (bicyclic) bond motifs is 1. The van der Waals surface area contributed by atoms with E-state index in [0.29, 0.717) is 22.5 Å². The summed E-state index contributed by atoms with van der Waals surface area (Å²) in [5, 5.41) is 16.0. The number of H-pyrrole nitrogens is 1. The van der Waals surface area contributed by atoms with Crippen molar-refractivity contribution in [1.29, 1.82) is 0 Å². The Hall–Kier alpha value is -2.15. The van der Waals surface area contributed by atoms with Crippen LogP contribution in [0.25, 0.3) is 11.0 Å². The van der Waals surface area contributed by atoms with Gasteiger partial charge in [-0.1, -0.05) is 13.8 Å². The van der Waals surface area contributed by atoms with Gasteiger partial charge in [0.25, 0.3) is 11.5 Å². The van der Waals surface area contributed by atoms with Crippen molar-refractivity contribution >= 4 is 16.9 Å². The molecule has 0 bridgehead atoms. The first-order chi connectivity index (χ1) is 11.2. The van der Waals surface area contributed by atoms with Crippen molar-refractivity contribution in [2.24, 2.45) is 13.0 Å². The van der Waals surface area contributed by atoms with Crippen LogP contribution in [0, 0.1) is 5.92 Å². The van der Waals surface area contributed by atoms with E-state index in [1.807, 2.05) is 13.8 Å². The lowest BCUT2D eigenvalue weighted by Crippen LogP contribution is -2.44. The van der Waals surface area contributed by atoms with Crippen molar-refractivity contribution < 1.29 is 9.90 Å². The fourth-order valence-electron chi connectivity index (χ4n) is 2.60. The molecule has 1 fully saturated rings. The number of hydrogen-bond acceptors (Lipinski definition) is 4. The second-order valence-electron chi connectivity index (χ2n) is 7.26. The molecule has 3 rings (SSSR count). The molecule has 1 atom stereocenters. The number of rotatable bonds is 5. The van der Waals surface area contributed by atoms with Crippen LogP contribution >= 0.6 is 0 Å². The van der Waals surface area contributed by atoms with Gasteiger partial charge in [-0.15, -0.1) is 0 Å². The van der Waals surface area contributed by atoms with Crippen LogP contribution in [0.15, 0.2) is 10.9 Å².